The molecule has 0 aromatic heterocycles. The molecule has 0 aromatic rings. The van der Waals surface area contributed by atoms with E-state index in [1.54, 1.807) is 0 Å². The van der Waals surface area contributed by atoms with Gasteiger partial charge in [-0.2, -0.15) is 8.42 Å². The van der Waals surface area contributed by atoms with Crippen molar-refractivity contribution in [3.8, 4) is 0 Å². The molecule has 55 heavy (non-hydrogen) atoms. The minimum absolute atomic E-state index is 0.108. The number of carbonyl (C=O) groups excluding carboxylic acids is 2. The average molecular weight is 799 g/mol. The maximum atomic E-state index is 12.7. The van der Waals surface area contributed by atoms with Gasteiger partial charge in [0, 0.05) is 12.8 Å². The largest absolute Gasteiger partial charge is 0.462 e. The van der Waals surface area contributed by atoms with E-state index in [4.69, 9.17) is 18.9 Å². The number of allylic oxidation sites excluding steroid dienone is 10. The Labute approximate surface area is 330 Å². The Morgan fingerprint density at radius 3 is 1.76 bits per heavy atom. The van der Waals surface area contributed by atoms with Crippen molar-refractivity contribution in [2.45, 2.75) is 173 Å². The molecule has 1 rings (SSSR count). The molecule has 0 amide bonds. The maximum Gasteiger partial charge on any atom is 0.306 e. The molecule has 1 aliphatic heterocycles. The van der Waals surface area contributed by atoms with Gasteiger partial charge in [-0.3, -0.25) is 14.1 Å². The van der Waals surface area contributed by atoms with Crippen LogP contribution in [0.15, 0.2) is 60.8 Å². The first-order valence-electron chi connectivity index (χ1n) is 20.3. The molecule has 0 saturated carbocycles. The molecule has 4 N–H and O–H groups in total. The summed E-state index contributed by atoms with van der Waals surface area (Å²) < 4.78 is 53.8. The summed E-state index contributed by atoms with van der Waals surface area (Å²) in [5.74, 6) is -2.06. The van der Waals surface area contributed by atoms with Crippen LogP contribution in [0, 0.1) is 0 Å². The fourth-order valence-electron chi connectivity index (χ4n) is 5.66. The lowest BCUT2D eigenvalue weighted by Gasteiger charge is -2.40. The zero-order valence-corrected chi connectivity index (χ0v) is 34.1. The smallest absolute Gasteiger partial charge is 0.306 e. The molecule has 12 nitrogen and oxygen atoms in total. The van der Waals surface area contributed by atoms with Crippen molar-refractivity contribution < 1.29 is 56.8 Å². The highest BCUT2D eigenvalue weighted by Crippen LogP contribution is 2.24. The summed E-state index contributed by atoms with van der Waals surface area (Å²) in [6.07, 6.45) is 28.5. The second kappa shape index (κ2) is 32.4. The van der Waals surface area contributed by atoms with Gasteiger partial charge in [-0.05, 0) is 77.0 Å². The molecule has 0 spiro atoms. The average Bonchev–Trinajstić information content (AvgIpc) is 3.14. The van der Waals surface area contributed by atoms with E-state index >= 15 is 0 Å². The van der Waals surface area contributed by atoms with E-state index in [-0.39, 0.29) is 19.4 Å². The number of rotatable bonds is 32. The monoisotopic (exact) mass is 798 g/mol. The van der Waals surface area contributed by atoms with Crippen LogP contribution in [0.2, 0.25) is 0 Å². The summed E-state index contributed by atoms with van der Waals surface area (Å²) in [5.41, 5.74) is 0. The van der Waals surface area contributed by atoms with Gasteiger partial charge in [-0.15, -0.1) is 0 Å². The van der Waals surface area contributed by atoms with Gasteiger partial charge in [0.05, 0.1) is 6.61 Å². The van der Waals surface area contributed by atoms with Crippen LogP contribution in [-0.4, -0.2) is 96.0 Å². The van der Waals surface area contributed by atoms with Crippen molar-refractivity contribution in [2.75, 3.05) is 19.0 Å². The second-order valence-electron chi connectivity index (χ2n) is 13.9. The second-order valence-corrected chi connectivity index (χ2v) is 15.4. The quantitative estimate of drug-likeness (QED) is 0.0229. The molecule has 1 fully saturated rings. The third-order valence-corrected chi connectivity index (χ3v) is 9.58. The van der Waals surface area contributed by atoms with Crippen LogP contribution in [0.5, 0.6) is 0 Å². The first-order valence-corrected chi connectivity index (χ1v) is 22.0. The normalized spacial score (nSPS) is 21.5. The van der Waals surface area contributed by atoms with Crippen LogP contribution in [0.3, 0.4) is 0 Å². The number of esters is 2. The molecule has 316 valence electrons. The Bertz CT molecular complexity index is 1260. The predicted molar refractivity (Wildman–Crippen MR) is 215 cm³/mol. The molecule has 0 aliphatic carbocycles. The van der Waals surface area contributed by atoms with E-state index in [1.165, 1.54) is 19.3 Å². The van der Waals surface area contributed by atoms with Crippen molar-refractivity contribution in [2.24, 2.45) is 0 Å². The zero-order valence-electron chi connectivity index (χ0n) is 33.3. The SMILES string of the molecule is CC/C=C/C/C=C/C/C=C/C/C=C/CCCCC(=O)O[C@H](COC(=O)CCCCCCC/C=C/CCCCC)CO[C@H]1O[C@H](CS(=O)(=O)O)[C@@H](O)C(O)C1O. The highest BCUT2D eigenvalue weighted by Gasteiger charge is 2.46. The molecule has 6 atom stereocenters. The first kappa shape index (κ1) is 50.4. The summed E-state index contributed by atoms with van der Waals surface area (Å²) >= 11 is 0. The van der Waals surface area contributed by atoms with Crippen LogP contribution in [0.1, 0.15) is 136 Å². The van der Waals surface area contributed by atoms with Gasteiger partial charge in [0.25, 0.3) is 10.1 Å². The molecule has 1 saturated heterocycles. The van der Waals surface area contributed by atoms with E-state index in [0.29, 0.717) is 12.8 Å². The Morgan fingerprint density at radius 2 is 1.15 bits per heavy atom. The minimum atomic E-state index is -4.61. The van der Waals surface area contributed by atoms with Crippen LogP contribution in [-0.2, 0) is 38.7 Å². The molecule has 0 aromatic carbocycles. The Morgan fingerprint density at radius 1 is 0.636 bits per heavy atom. The number of aliphatic hydroxyl groups excluding tert-OH is 3. The van der Waals surface area contributed by atoms with Gasteiger partial charge in [0.1, 0.15) is 36.8 Å². The summed E-state index contributed by atoms with van der Waals surface area (Å²) in [6, 6.07) is 0. The lowest BCUT2D eigenvalue weighted by molar-refractivity contribution is -0.297. The number of ether oxygens (including phenoxy) is 4. The summed E-state index contributed by atoms with van der Waals surface area (Å²) in [6.45, 7) is 3.54. The number of hydrogen-bond donors (Lipinski definition) is 4. The molecule has 0 bridgehead atoms. The highest BCUT2D eigenvalue weighted by molar-refractivity contribution is 7.85. The summed E-state index contributed by atoms with van der Waals surface area (Å²) in [4.78, 5) is 25.3. The van der Waals surface area contributed by atoms with E-state index in [0.717, 1.165) is 77.0 Å². The van der Waals surface area contributed by atoms with E-state index in [9.17, 15) is 37.9 Å². The Kier molecular flexibility index (Phi) is 29.7. The first-order chi connectivity index (χ1) is 26.5. The van der Waals surface area contributed by atoms with Crippen LogP contribution in [0.4, 0.5) is 0 Å². The van der Waals surface area contributed by atoms with Crippen LogP contribution in [0.25, 0.3) is 0 Å². The predicted octanol–water partition coefficient (Wildman–Crippen LogP) is 7.39. The van der Waals surface area contributed by atoms with Gasteiger partial charge < -0.3 is 34.3 Å². The number of unbranched alkanes of at least 4 members (excludes halogenated alkanes) is 10. The van der Waals surface area contributed by atoms with E-state index in [1.807, 2.05) is 0 Å². The van der Waals surface area contributed by atoms with Gasteiger partial charge in [-0.25, -0.2) is 0 Å². The van der Waals surface area contributed by atoms with E-state index < -0.39 is 71.2 Å². The molecular weight excluding hydrogens is 729 g/mol. The van der Waals surface area contributed by atoms with Crippen molar-refractivity contribution in [1.29, 1.82) is 0 Å². The fraction of sp³-hybridized carbons (Fsp3) is 0.714. The van der Waals surface area contributed by atoms with Gasteiger partial charge >= 0.3 is 11.9 Å². The lowest BCUT2D eigenvalue weighted by atomic mass is 10.00. The highest BCUT2D eigenvalue weighted by atomic mass is 32.2. The Hall–Kier alpha value is -2.65. The standard InChI is InChI=1S/C42H70O12S/c1-3-5-7-9-11-13-15-17-18-19-21-23-25-27-29-31-38(44)53-35(33-52-42-41(47)40(46)39(45)36(54-42)34-55(48,49)50)32-51-37(43)30-28-26-24-22-20-16-14-12-10-8-6-4-2/h5,7,11-14,17-18,21,23,35-36,39-42,45-47H,3-4,6,8-10,15-16,19-20,22,24-34H2,1-2H3,(H,48,49,50)/b7-5+,13-11+,14-12+,18-17+,23-21+/t35-,36-,39-,40?,41?,42+/m1/s1. The topological polar surface area (TPSA) is 186 Å². The van der Waals surface area contributed by atoms with Crippen molar-refractivity contribution >= 4 is 22.1 Å². The molecule has 0 radical (unpaired) electrons. The Balaban J connectivity index is 2.55. The minimum Gasteiger partial charge on any atom is -0.462 e. The third kappa shape index (κ3) is 27.6. The van der Waals surface area contributed by atoms with Gasteiger partial charge in [-0.1, -0.05) is 107 Å². The number of hydrogen-bond acceptors (Lipinski definition) is 11. The van der Waals surface area contributed by atoms with Gasteiger partial charge in [0.2, 0.25) is 0 Å². The van der Waals surface area contributed by atoms with Crippen LogP contribution >= 0.6 is 0 Å². The molecule has 2 unspecified atom stereocenters. The fourth-order valence-corrected chi connectivity index (χ4v) is 6.35. The zero-order chi connectivity index (χ0) is 40.6. The number of carbonyl (C=O) groups is 2. The third-order valence-electron chi connectivity index (χ3n) is 8.83. The summed E-state index contributed by atoms with van der Waals surface area (Å²) in [7, 11) is -4.61. The summed E-state index contributed by atoms with van der Waals surface area (Å²) in [5, 5.41) is 30.8. The maximum absolute atomic E-state index is 12.7. The molecular formula is C42H70O12S. The van der Waals surface area contributed by atoms with Crippen molar-refractivity contribution in [3.05, 3.63) is 60.8 Å². The molecule has 1 heterocycles. The number of aliphatic hydroxyl groups is 3. The van der Waals surface area contributed by atoms with Crippen molar-refractivity contribution in [3.63, 3.8) is 0 Å². The van der Waals surface area contributed by atoms with E-state index in [2.05, 4.69) is 74.6 Å². The molecule has 13 heteroatoms. The molecule has 1 aliphatic rings. The lowest BCUT2D eigenvalue weighted by Crippen LogP contribution is -2.60. The van der Waals surface area contributed by atoms with Crippen LogP contribution < -0.4 is 0 Å². The van der Waals surface area contributed by atoms with Gasteiger partial charge in [0.15, 0.2) is 12.4 Å². The van der Waals surface area contributed by atoms with Crippen molar-refractivity contribution in [1.82, 2.24) is 0 Å².